The predicted octanol–water partition coefficient (Wildman–Crippen LogP) is 5.56. The highest BCUT2D eigenvalue weighted by Gasteiger charge is 2.43. The molecule has 2 heterocycles. The van der Waals surface area contributed by atoms with E-state index in [-0.39, 0.29) is 6.54 Å². The van der Waals surface area contributed by atoms with Gasteiger partial charge in [-0.1, -0.05) is 41.9 Å². The second kappa shape index (κ2) is 10.1. The van der Waals surface area contributed by atoms with Crippen molar-refractivity contribution in [2.24, 2.45) is 0 Å². The molecule has 6 nitrogen and oxygen atoms in total. The molecule has 0 fully saturated rings. The summed E-state index contributed by atoms with van der Waals surface area (Å²) in [5, 5.41) is 11.0. The standard InChI is InChI=1S/C25H23ClF3N3O3S/c1-3-31(14(2)25(27,28)29)24(35)22-23(34)18(33)11-12-32(22)30-21-16-8-4-5-10-19(16)36-13-15-7-6-9-17(26)20(15)21/h4-12,14,21,30,34H,3,13H2,1-2H3/t14?,21-/m1/s1. The summed E-state index contributed by atoms with van der Waals surface area (Å²) in [6, 6.07) is 11.3. The SMILES string of the molecule is CCN(C(=O)c1c(O)c(=O)ccn1N[C@@H]1c2ccccc2SCc2cccc(Cl)c21)C(C)C(F)(F)F. The minimum Gasteiger partial charge on any atom is -0.502 e. The molecule has 3 aromatic rings. The number of thioether (sulfide) groups is 1. The maximum atomic E-state index is 13.5. The Hall–Kier alpha value is -3.11. The highest BCUT2D eigenvalue weighted by atomic mass is 35.5. The lowest BCUT2D eigenvalue weighted by Crippen LogP contribution is -2.48. The highest BCUT2D eigenvalue weighted by Crippen LogP contribution is 2.42. The molecule has 4 rings (SSSR count). The van der Waals surface area contributed by atoms with Gasteiger partial charge >= 0.3 is 6.18 Å². The summed E-state index contributed by atoms with van der Waals surface area (Å²) in [6.07, 6.45) is -3.48. The van der Waals surface area contributed by atoms with Crippen molar-refractivity contribution in [3.05, 3.63) is 92.4 Å². The summed E-state index contributed by atoms with van der Waals surface area (Å²) < 4.78 is 41.5. The maximum Gasteiger partial charge on any atom is 0.408 e. The molecule has 1 aromatic heterocycles. The highest BCUT2D eigenvalue weighted by molar-refractivity contribution is 7.98. The summed E-state index contributed by atoms with van der Waals surface area (Å²) in [5.41, 5.74) is 4.14. The number of hydrogen-bond donors (Lipinski definition) is 2. The topological polar surface area (TPSA) is 74.6 Å². The number of aromatic nitrogens is 1. The predicted molar refractivity (Wildman–Crippen MR) is 133 cm³/mol. The van der Waals surface area contributed by atoms with Crippen LogP contribution in [-0.2, 0) is 5.75 Å². The first-order chi connectivity index (χ1) is 17.0. The summed E-state index contributed by atoms with van der Waals surface area (Å²) in [7, 11) is 0. The van der Waals surface area contributed by atoms with Crippen LogP contribution >= 0.6 is 23.4 Å². The molecule has 1 aliphatic heterocycles. The summed E-state index contributed by atoms with van der Waals surface area (Å²) in [5.74, 6) is -1.46. The zero-order valence-electron chi connectivity index (χ0n) is 19.3. The van der Waals surface area contributed by atoms with Crippen LogP contribution in [0.3, 0.4) is 0 Å². The van der Waals surface area contributed by atoms with Gasteiger partial charge in [0.15, 0.2) is 11.4 Å². The minimum absolute atomic E-state index is 0.292. The number of carbonyl (C=O) groups excluding carboxylic acids is 1. The quantitative estimate of drug-likeness (QED) is 0.446. The lowest BCUT2D eigenvalue weighted by molar-refractivity contribution is -0.171. The first kappa shape index (κ1) is 26.0. The van der Waals surface area contributed by atoms with Gasteiger partial charge in [-0.3, -0.25) is 14.3 Å². The second-order valence-corrected chi connectivity index (χ2v) is 9.68. The fraction of sp³-hybridized carbons (Fsp3) is 0.280. The minimum atomic E-state index is -4.70. The van der Waals surface area contributed by atoms with E-state index in [1.54, 1.807) is 17.8 Å². The Morgan fingerprint density at radius 2 is 1.97 bits per heavy atom. The van der Waals surface area contributed by atoms with Gasteiger partial charge in [0.05, 0.1) is 6.04 Å². The number of alkyl halides is 3. The third-order valence-corrected chi connectivity index (χ3v) is 7.60. The molecule has 0 spiro atoms. The Bertz CT molecular complexity index is 1360. The van der Waals surface area contributed by atoms with E-state index in [1.807, 2.05) is 36.4 Å². The van der Waals surface area contributed by atoms with E-state index in [0.717, 1.165) is 39.3 Å². The van der Waals surface area contributed by atoms with Crippen LogP contribution in [-0.4, -0.2) is 39.4 Å². The van der Waals surface area contributed by atoms with Gasteiger partial charge in [0.25, 0.3) is 5.91 Å². The Morgan fingerprint density at radius 3 is 2.67 bits per heavy atom. The molecule has 1 aliphatic rings. The van der Waals surface area contributed by atoms with Crippen molar-refractivity contribution < 1.29 is 23.1 Å². The number of amides is 1. The van der Waals surface area contributed by atoms with E-state index in [2.05, 4.69) is 5.43 Å². The Morgan fingerprint density at radius 1 is 1.25 bits per heavy atom. The molecule has 0 saturated heterocycles. The van der Waals surface area contributed by atoms with E-state index in [4.69, 9.17) is 11.6 Å². The van der Waals surface area contributed by atoms with Crippen molar-refractivity contribution in [1.29, 1.82) is 0 Å². The van der Waals surface area contributed by atoms with Gasteiger partial charge in [-0.15, -0.1) is 11.8 Å². The van der Waals surface area contributed by atoms with Crippen molar-refractivity contribution >= 4 is 29.3 Å². The molecule has 36 heavy (non-hydrogen) atoms. The Labute approximate surface area is 214 Å². The number of fused-ring (bicyclic) bond motifs is 2. The number of nitrogens with one attached hydrogen (secondary N) is 1. The van der Waals surface area contributed by atoms with Crippen molar-refractivity contribution in [2.45, 2.75) is 42.8 Å². The average Bonchev–Trinajstić information content (AvgIpc) is 2.99. The van der Waals surface area contributed by atoms with Crippen LogP contribution in [0.25, 0.3) is 0 Å². The number of rotatable bonds is 5. The fourth-order valence-corrected chi connectivity index (χ4v) is 5.60. The molecular formula is C25H23ClF3N3O3S. The van der Waals surface area contributed by atoms with Crippen LogP contribution < -0.4 is 10.9 Å². The van der Waals surface area contributed by atoms with E-state index in [0.29, 0.717) is 15.7 Å². The van der Waals surface area contributed by atoms with Crippen LogP contribution in [0.5, 0.6) is 5.75 Å². The van der Waals surface area contributed by atoms with Gasteiger partial charge < -0.3 is 15.4 Å². The molecule has 190 valence electrons. The molecular weight excluding hydrogens is 515 g/mol. The molecule has 2 N–H and O–H groups in total. The lowest BCUT2D eigenvalue weighted by atomic mass is 9.95. The van der Waals surface area contributed by atoms with E-state index < -0.39 is 41.0 Å². The third kappa shape index (κ3) is 4.79. The molecule has 0 bridgehead atoms. The number of aromatic hydroxyl groups is 1. The van der Waals surface area contributed by atoms with Gasteiger partial charge in [0, 0.05) is 40.0 Å². The summed E-state index contributed by atoms with van der Waals surface area (Å²) in [4.78, 5) is 27.1. The molecule has 1 amide bonds. The van der Waals surface area contributed by atoms with Crippen LogP contribution in [0, 0.1) is 0 Å². The Kier molecular flexibility index (Phi) is 7.28. The van der Waals surface area contributed by atoms with Crippen LogP contribution in [0.2, 0.25) is 5.02 Å². The van der Waals surface area contributed by atoms with Gasteiger partial charge in [0.1, 0.15) is 6.04 Å². The number of pyridine rings is 1. The zero-order valence-corrected chi connectivity index (χ0v) is 20.9. The van der Waals surface area contributed by atoms with Crippen LogP contribution in [0.1, 0.15) is 47.1 Å². The van der Waals surface area contributed by atoms with Crippen molar-refractivity contribution in [2.75, 3.05) is 12.0 Å². The number of carbonyl (C=O) groups is 1. The maximum absolute atomic E-state index is 13.5. The number of benzene rings is 2. The van der Waals surface area contributed by atoms with Crippen molar-refractivity contribution in [3.8, 4) is 5.75 Å². The second-order valence-electron chi connectivity index (χ2n) is 8.26. The molecule has 1 unspecified atom stereocenters. The number of nitrogens with zero attached hydrogens (tertiary/aromatic N) is 2. The van der Waals surface area contributed by atoms with Gasteiger partial charge in [-0.2, -0.15) is 13.2 Å². The normalized spacial score (nSPS) is 15.9. The summed E-state index contributed by atoms with van der Waals surface area (Å²) >= 11 is 8.21. The molecule has 11 heteroatoms. The monoisotopic (exact) mass is 537 g/mol. The third-order valence-electron chi connectivity index (χ3n) is 6.13. The molecule has 2 aromatic carbocycles. The van der Waals surface area contributed by atoms with Gasteiger partial charge in [-0.25, -0.2) is 0 Å². The zero-order chi connectivity index (χ0) is 26.2. The van der Waals surface area contributed by atoms with Crippen molar-refractivity contribution in [1.82, 2.24) is 9.58 Å². The smallest absolute Gasteiger partial charge is 0.408 e. The number of halogens is 4. The van der Waals surface area contributed by atoms with Crippen LogP contribution in [0.4, 0.5) is 13.2 Å². The van der Waals surface area contributed by atoms with Crippen LogP contribution in [0.15, 0.2) is 64.4 Å². The first-order valence-electron chi connectivity index (χ1n) is 11.1. The van der Waals surface area contributed by atoms with E-state index in [9.17, 15) is 27.9 Å². The van der Waals surface area contributed by atoms with Crippen molar-refractivity contribution in [3.63, 3.8) is 0 Å². The average molecular weight is 538 g/mol. The lowest BCUT2D eigenvalue weighted by Gasteiger charge is -2.31. The van der Waals surface area contributed by atoms with Gasteiger partial charge in [-0.05, 0) is 37.1 Å². The number of hydrogen-bond acceptors (Lipinski definition) is 5. The molecule has 0 aliphatic carbocycles. The molecule has 0 saturated carbocycles. The van der Waals surface area contributed by atoms with E-state index >= 15 is 0 Å². The molecule has 0 radical (unpaired) electrons. The Balaban J connectivity index is 1.87. The fourth-order valence-electron chi connectivity index (χ4n) is 4.21. The summed E-state index contributed by atoms with van der Waals surface area (Å²) in [6.45, 7) is 1.95. The molecule has 2 atom stereocenters. The van der Waals surface area contributed by atoms with E-state index in [1.165, 1.54) is 13.1 Å². The first-order valence-corrected chi connectivity index (χ1v) is 12.5. The largest absolute Gasteiger partial charge is 0.502 e. The van der Waals surface area contributed by atoms with Gasteiger partial charge in [0.2, 0.25) is 5.43 Å².